The fourth-order valence-electron chi connectivity index (χ4n) is 4.16. The lowest BCUT2D eigenvalue weighted by molar-refractivity contribution is -0.277. The van der Waals surface area contributed by atoms with E-state index in [2.05, 4.69) is 0 Å². The van der Waals surface area contributed by atoms with Crippen LogP contribution in [0.3, 0.4) is 0 Å². The number of halogens is 1. The molecular weight excluding hydrogens is 436 g/mol. The van der Waals surface area contributed by atoms with Crippen LogP contribution in [-0.2, 0) is 11.2 Å². The minimum atomic E-state index is -1.50. The van der Waals surface area contributed by atoms with Gasteiger partial charge < -0.3 is 34.6 Å². The number of benzene rings is 2. The first-order valence-electron chi connectivity index (χ1n) is 11.0. The zero-order valence-electron chi connectivity index (χ0n) is 17.6. The summed E-state index contributed by atoms with van der Waals surface area (Å²) in [6.45, 7) is -0.517. The summed E-state index contributed by atoms with van der Waals surface area (Å²) in [5, 5.41) is 39.9. The lowest BCUT2D eigenvalue weighted by atomic mass is 9.99. The third-order valence-corrected chi connectivity index (χ3v) is 6.41. The van der Waals surface area contributed by atoms with Crippen molar-refractivity contribution in [3.05, 3.63) is 58.6 Å². The van der Waals surface area contributed by atoms with E-state index in [-0.39, 0.29) is 0 Å². The molecule has 1 aliphatic heterocycles. The molecule has 1 saturated carbocycles. The van der Waals surface area contributed by atoms with Crippen molar-refractivity contribution in [2.45, 2.75) is 68.9 Å². The smallest absolute Gasteiger partial charge is 0.229 e. The molecule has 1 aliphatic carbocycles. The maximum atomic E-state index is 10.2. The van der Waals surface area contributed by atoms with E-state index in [0.717, 1.165) is 29.7 Å². The van der Waals surface area contributed by atoms with Crippen LogP contribution in [-0.4, -0.2) is 63.8 Å². The van der Waals surface area contributed by atoms with E-state index in [1.807, 2.05) is 24.3 Å². The van der Waals surface area contributed by atoms with Gasteiger partial charge >= 0.3 is 0 Å². The Bertz CT molecular complexity index is 882. The number of aliphatic hydroxyl groups excluding tert-OH is 4. The Hall–Kier alpha value is -1.87. The Kier molecular flexibility index (Phi) is 7.55. The molecule has 32 heavy (non-hydrogen) atoms. The zero-order valence-corrected chi connectivity index (χ0v) is 18.4. The average Bonchev–Trinajstić information content (AvgIpc) is 3.31. The molecule has 2 aromatic rings. The van der Waals surface area contributed by atoms with Gasteiger partial charge in [0.1, 0.15) is 35.9 Å². The van der Waals surface area contributed by atoms with Crippen LogP contribution < -0.4 is 9.47 Å². The molecule has 2 aromatic carbocycles. The van der Waals surface area contributed by atoms with Crippen molar-refractivity contribution in [2.24, 2.45) is 0 Å². The molecular formula is C24H29ClO7. The second-order valence-electron chi connectivity index (χ2n) is 8.41. The van der Waals surface area contributed by atoms with E-state index < -0.39 is 37.3 Å². The predicted octanol–water partition coefficient (Wildman–Crippen LogP) is 2.43. The molecule has 1 saturated heterocycles. The van der Waals surface area contributed by atoms with Crippen molar-refractivity contribution >= 4 is 11.6 Å². The molecule has 0 aromatic heterocycles. The quantitative estimate of drug-likeness (QED) is 0.498. The summed E-state index contributed by atoms with van der Waals surface area (Å²) in [5.41, 5.74) is 1.87. The largest absolute Gasteiger partial charge is 0.490 e. The first kappa shape index (κ1) is 23.3. The standard InChI is InChI=1S/C24H29ClO7/c25-19-10-9-18(31-24-23(29)22(28)21(27)20(13-26)32-24)12-15(19)11-14-5-7-17(8-6-14)30-16-3-1-2-4-16/h5-10,12,16,20-24,26-29H,1-4,11,13H2/t20-,21-,22+,23-,24-/m1/s1. The molecule has 8 heteroatoms. The highest BCUT2D eigenvalue weighted by atomic mass is 35.5. The minimum absolute atomic E-state index is 0.312. The van der Waals surface area contributed by atoms with Crippen molar-refractivity contribution in [2.75, 3.05) is 6.61 Å². The summed E-state index contributed by atoms with van der Waals surface area (Å²) in [6.07, 6.45) is -1.14. The molecule has 174 valence electrons. The van der Waals surface area contributed by atoms with Gasteiger partial charge in [0.25, 0.3) is 0 Å². The number of hydrogen-bond acceptors (Lipinski definition) is 7. The average molecular weight is 465 g/mol. The van der Waals surface area contributed by atoms with Gasteiger partial charge in [-0.2, -0.15) is 0 Å². The minimum Gasteiger partial charge on any atom is -0.490 e. The van der Waals surface area contributed by atoms with Gasteiger partial charge in [-0.05, 0) is 73.6 Å². The van der Waals surface area contributed by atoms with Gasteiger partial charge in [-0.25, -0.2) is 0 Å². The highest BCUT2D eigenvalue weighted by molar-refractivity contribution is 6.31. The normalized spacial score (nSPS) is 28.6. The van der Waals surface area contributed by atoms with Gasteiger partial charge in [-0.1, -0.05) is 23.7 Å². The van der Waals surface area contributed by atoms with Crippen LogP contribution in [0.15, 0.2) is 42.5 Å². The number of aliphatic hydroxyl groups is 4. The van der Waals surface area contributed by atoms with Crippen LogP contribution in [0.25, 0.3) is 0 Å². The predicted molar refractivity (Wildman–Crippen MR) is 118 cm³/mol. The van der Waals surface area contributed by atoms with Gasteiger partial charge in [-0.3, -0.25) is 0 Å². The number of hydrogen-bond donors (Lipinski definition) is 4. The van der Waals surface area contributed by atoms with E-state index in [4.69, 9.17) is 25.8 Å². The van der Waals surface area contributed by atoms with Crippen molar-refractivity contribution in [1.29, 1.82) is 0 Å². The molecule has 0 bridgehead atoms. The Morgan fingerprint density at radius 1 is 0.875 bits per heavy atom. The lowest BCUT2D eigenvalue weighted by Crippen LogP contribution is -2.60. The monoisotopic (exact) mass is 464 g/mol. The van der Waals surface area contributed by atoms with Gasteiger partial charge in [0.05, 0.1) is 12.7 Å². The Balaban J connectivity index is 1.42. The molecule has 0 radical (unpaired) electrons. The second-order valence-corrected chi connectivity index (χ2v) is 8.82. The summed E-state index contributed by atoms with van der Waals surface area (Å²) < 4.78 is 17.1. The third-order valence-electron chi connectivity index (χ3n) is 6.04. The maximum absolute atomic E-state index is 10.2. The highest BCUT2D eigenvalue weighted by Crippen LogP contribution is 2.29. The first-order chi connectivity index (χ1) is 15.4. The highest BCUT2D eigenvalue weighted by Gasteiger charge is 2.44. The molecule has 2 fully saturated rings. The Morgan fingerprint density at radius 3 is 2.25 bits per heavy atom. The van der Waals surface area contributed by atoms with E-state index in [1.165, 1.54) is 12.8 Å². The van der Waals surface area contributed by atoms with E-state index in [9.17, 15) is 20.4 Å². The van der Waals surface area contributed by atoms with Gasteiger partial charge in [0, 0.05) is 5.02 Å². The third kappa shape index (κ3) is 5.36. The molecule has 1 heterocycles. The molecule has 5 atom stereocenters. The van der Waals surface area contributed by atoms with Gasteiger partial charge in [0.15, 0.2) is 0 Å². The zero-order chi connectivity index (χ0) is 22.7. The SMILES string of the molecule is OC[C@H]1O[C@@H](Oc2ccc(Cl)c(Cc3ccc(OC4CCCC4)cc3)c2)[C@H](O)[C@@H](O)[C@@H]1O. The molecule has 2 aliphatic rings. The first-order valence-corrected chi connectivity index (χ1v) is 11.3. The Morgan fingerprint density at radius 2 is 1.56 bits per heavy atom. The van der Waals surface area contributed by atoms with Crippen molar-refractivity contribution < 1.29 is 34.6 Å². The van der Waals surface area contributed by atoms with Crippen LogP contribution in [0.5, 0.6) is 11.5 Å². The summed E-state index contributed by atoms with van der Waals surface area (Å²) in [5.74, 6) is 1.25. The van der Waals surface area contributed by atoms with E-state index in [1.54, 1.807) is 18.2 Å². The summed E-state index contributed by atoms with van der Waals surface area (Å²) in [7, 11) is 0. The van der Waals surface area contributed by atoms with Crippen LogP contribution >= 0.6 is 11.6 Å². The molecule has 0 spiro atoms. The summed E-state index contributed by atoms with van der Waals surface area (Å²) in [6, 6.07) is 13.0. The summed E-state index contributed by atoms with van der Waals surface area (Å²) >= 11 is 6.38. The van der Waals surface area contributed by atoms with Crippen LogP contribution in [0, 0.1) is 0 Å². The Labute approximate surface area is 192 Å². The lowest BCUT2D eigenvalue weighted by Gasteiger charge is -2.39. The topological polar surface area (TPSA) is 109 Å². The fraction of sp³-hybridized carbons (Fsp3) is 0.500. The molecule has 4 N–H and O–H groups in total. The van der Waals surface area contributed by atoms with Crippen molar-refractivity contribution in [1.82, 2.24) is 0 Å². The number of rotatable bonds is 7. The fourth-order valence-corrected chi connectivity index (χ4v) is 4.35. The number of ether oxygens (including phenoxy) is 3. The van der Waals surface area contributed by atoms with Gasteiger partial charge in [0.2, 0.25) is 6.29 Å². The maximum Gasteiger partial charge on any atom is 0.229 e. The van der Waals surface area contributed by atoms with Crippen LogP contribution in [0.2, 0.25) is 5.02 Å². The van der Waals surface area contributed by atoms with E-state index >= 15 is 0 Å². The molecule has 0 unspecified atom stereocenters. The molecule has 0 amide bonds. The van der Waals surface area contributed by atoms with Crippen molar-refractivity contribution in [3.8, 4) is 11.5 Å². The van der Waals surface area contributed by atoms with Gasteiger partial charge in [-0.15, -0.1) is 0 Å². The van der Waals surface area contributed by atoms with Crippen molar-refractivity contribution in [3.63, 3.8) is 0 Å². The second kappa shape index (κ2) is 10.4. The van der Waals surface area contributed by atoms with Crippen LogP contribution in [0.4, 0.5) is 0 Å². The van der Waals surface area contributed by atoms with E-state index in [0.29, 0.717) is 23.3 Å². The van der Waals surface area contributed by atoms with Crippen LogP contribution in [0.1, 0.15) is 36.8 Å². The summed E-state index contributed by atoms with van der Waals surface area (Å²) in [4.78, 5) is 0. The molecule has 7 nitrogen and oxygen atoms in total. The molecule has 4 rings (SSSR count).